The monoisotopic (exact) mass is 395 g/mol. The van der Waals surface area contributed by atoms with Crippen molar-refractivity contribution in [1.29, 1.82) is 0 Å². The summed E-state index contributed by atoms with van der Waals surface area (Å²) in [5, 5.41) is 4.24. The third-order valence-corrected chi connectivity index (χ3v) is 5.74. The molecule has 2 aromatic heterocycles. The molecule has 0 radical (unpaired) electrons. The fraction of sp³-hybridized carbons (Fsp3) is 0.150. The van der Waals surface area contributed by atoms with Crippen LogP contribution in [0.25, 0.3) is 10.2 Å². The molecule has 0 saturated heterocycles. The maximum absolute atomic E-state index is 12.1. The smallest absolute Gasteiger partial charge is 0.252 e. The van der Waals surface area contributed by atoms with Crippen molar-refractivity contribution in [2.75, 3.05) is 11.9 Å². The number of benzene rings is 2. The molecule has 1 amide bonds. The number of thiazole rings is 2. The van der Waals surface area contributed by atoms with E-state index in [-0.39, 0.29) is 12.5 Å². The molecule has 5 nitrogen and oxygen atoms in total. The van der Waals surface area contributed by atoms with Gasteiger partial charge < -0.3 is 4.74 Å². The zero-order valence-electron chi connectivity index (χ0n) is 14.4. The molecule has 4 rings (SSSR count). The zero-order chi connectivity index (χ0) is 18.5. The Kier molecular flexibility index (Phi) is 5.53. The van der Waals surface area contributed by atoms with Gasteiger partial charge in [-0.1, -0.05) is 42.5 Å². The largest absolute Gasteiger partial charge is 0.364 e. The summed E-state index contributed by atoms with van der Waals surface area (Å²) in [4.78, 5) is 21.9. The summed E-state index contributed by atoms with van der Waals surface area (Å²) < 4.78 is 6.62. The third kappa shape index (κ3) is 4.77. The molecule has 27 heavy (non-hydrogen) atoms. The first kappa shape index (κ1) is 17.8. The summed E-state index contributed by atoms with van der Waals surface area (Å²) in [6.45, 7) is 0.299. The van der Waals surface area contributed by atoms with E-state index >= 15 is 0 Å². The van der Waals surface area contributed by atoms with Crippen LogP contribution in [0.1, 0.15) is 15.4 Å². The van der Waals surface area contributed by atoms with E-state index in [2.05, 4.69) is 27.4 Å². The van der Waals surface area contributed by atoms with Gasteiger partial charge in [-0.05, 0) is 17.7 Å². The molecule has 0 fully saturated rings. The van der Waals surface area contributed by atoms with Crippen molar-refractivity contribution in [2.45, 2.75) is 13.0 Å². The molecule has 0 spiro atoms. The molecule has 2 aromatic carbocycles. The van der Waals surface area contributed by atoms with Crippen molar-refractivity contribution in [1.82, 2.24) is 9.97 Å². The second kappa shape index (κ2) is 8.39. The molecule has 0 atom stereocenters. The molecule has 1 N–H and O–H groups in total. The molecule has 0 bridgehead atoms. The number of para-hydroxylation sites is 1. The van der Waals surface area contributed by atoms with E-state index in [1.54, 1.807) is 17.5 Å². The van der Waals surface area contributed by atoms with Crippen molar-refractivity contribution in [3.05, 3.63) is 76.2 Å². The van der Waals surface area contributed by atoms with Crippen molar-refractivity contribution in [2.24, 2.45) is 0 Å². The van der Waals surface area contributed by atoms with Gasteiger partial charge in [0.1, 0.15) is 11.6 Å². The van der Waals surface area contributed by atoms with Crippen LogP contribution in [0.5, 0.6) is 0 Å². The number of aromatic nitrogens is 2. The minimum atomic E-state index is -0.211. The van der Waals surface area contributed by atoms with Gasteiger partial charge in [-0.2, -0.15) is 0 Å². The van der Waals surface area contributed by atoms with E-state index < -0.39 is 0 Å². The lowest BCUT2D eigenvalue weighted by molar-refractivity contribution is -0.121. The molecule has 136 valence electrons. The molecule has 0 saturated carbocycles. The fourth-order valence-corrected chi connectivity index (χ4v) is 4.38. The second-order valence-corrected chi connectivity index (χ2v) is 8.14. The van der Waals surface area contributed by atoms with Gasteiger partial charge >= 0.3 is 0 Å². The molecule has 0 aliphatic rings. The summed E-state index contributed by atoms with van der Waals surface area (Å²) in [5.41, 5.74) is 2.18. The zero-order valence-corrected chi connectivity index (χ0v) is 16.1. The van der Waals surface area contributed by atoms with Gasteiger partial charge in [0.15, 0.2) is 5.13 Å². The Morgan fingerprint density at radius 3 is 2.70 bits per heavy atom. The quantitative estimate of drug-likeness (QED) is 0.500. The number of rotatable bonds is 7. The lowest BCUT2D eigenvalue weighted by Crippen LogP contribution is -2.17. The summed E-state index contributed by atoms with van der Waals surface area (Å²) in [6, 6.07) is 18.1. The van der Waals surface area contributed by atoms with E-state index in [0.717, 1.165) is 26.5 Å². The van der Waals surface area contributed by atoms with E-state index in [0.29, 0.717) is 11.7 Å². The van der Waals surface area contributed by atoms with Gasteiger partial charge in [0.05, 0.1) is 16.8 Å². The number of carbonyl (C=O) groups excluding carboxylic acids is 1. The molecular formula is C20H17N3O2S2. The highest BCUT2D eigenvalue weighted by molar-refractivity contribution is 7.18. The predicted octanol–water partition coefficient (Wildman–Crippen LogP) is 4.50. The maximum Gasteiger partial charge on any atom is 0.252 e. The SMILES string of the molecule is O=C(COCc1nc2ccccc2s1)Nc1ncc(Cc2ccccc2)s1. The van der Waals surface area contributed by atoms with Crippen LogP contribution in [-0.2, 0) is 22.6 Å². The normalized spacial score (nSPS) is 11.0. The first-order chi connectivity index (χ1) is 13.3. The molecule has 0 aliphatic heterocycles. The number of fused-ring (bicyclic) bond motifs is 1. The van der Waals surface area contributed by atoms with Gasteiger partial charge in [-0.25, -0.2) is 9.97 Å². The van der Waals surface area contributed by atoms with Crippen molar-refractivity contribution < 1.29 is 9.53 Å². The van der Waals surface area contributed by atoms with Crippen LogP contribution in [0.2, 0.25) is 0 Å². The maximum atomic E-state index is 12.1. The van der Waals surface area contributed by atoms with Crippen molar-refractivity contribution >= 4 is 43.9 Å². The Labute approximate surface area is 164 Å². The summed E-state index contributed by atoms with van der Waals surface area (Å²) >= 11 is 3.06. The second-order valence-electron chi connectivity index (χ2n) is 5.91. The summed E-state index contributed by atoms with van der Waals surface area (Å²) in [5.74, 6) is -0.211. The average Bonchev–Trinajstić information content (AvgIpc) is 3.28. The Bertz CT molecular complexity index is 1010. The van der Waals surface area contributed by atoms with Gasteiger partial charge in [0.25, 0.3) is 5.91 Å². The van der Waals surface area contributed by atoms with Crippen molar-refractivity contribution in [3.63, 3.8) is 0 Å². The number of amides is 1. The van der Waals surface area contributed by atoms with Crippen LogP contribution >= 0.6 is 22.7 Å². The van der Waals surface area contributed by atoms with Crippen LogP contribution in [-0.4, -0.2) is 22.5 Å². The Morgan fingerprint density at radius 1 is 1.04 bits per heavy atom. The van der Waals surface area contributed by atoms with Crippen LogP contribution in [0, 0.1) is 0 Å². The number of ether oxygens (including phenoxy) is 1. The van der Waals surface area contributed by atoms with Gasteiger partial charge in [-0.3, -0.25) is 10.1 Å². The first-order valence-electron chi connectivity index (χ1n) is 8.47. The molecule has 4 aromatic rings. The molecule has 0 aliphatic carbocycles. The highest BCUT2D eigenvalue weighted by atomic mass is 32.1. The molecule has 0 unspecified atom stereocenters. The third-order valence-electron chi connectivity index (χ3n) is 3.82. The summed E-state index contributed by atoms with van der Waals surface area (Å²) in [7, 11) is 0. The van der Waals surface area contributed by atoms with Crippen LogP contribution < -0.4 is 5.32 Å². The Balaban J connectivity index is 1.25. The minimum Gasteiger partial charge on any atom is -0.364 e. The Morgan fingerprint density at radius 2 is 1.85 bits per heavy atom. The van der Waals surface area contributed by atoms with E-state index in [4.69, 9.17) is 4.74 Å². The van der Waals surface area contributed by atoms with E-state index in [1.165, 1.54) is 16.9 Å². The number of anilines is 1. The van der Waals surface area contributed by atoms with Gasteiger partial charge in [0.2, 0.25) is 0 Å². The van der Waals surface area contributed by atoms with Gasteiger partial charge in [0, 0.05) is 17.5 Å². The predicted molar refractivity (Wildman–Crippen MR) is 109 cm³/mol. The Hall–Kier alpha value is -2.61. The lowest BCUT2D eigenvalue weighted by atomic mass is 10.1. The number of hydrogen-bond acceptors (Lipinski definition) is 6. The summed E-state index contributed by atoms with van der Waals surface area (Å²) in [6.07, 6.45) is 2.61. The van der Waals surface area contributed by atoms with E-state index in [1.807, 2.05) is 42.5 Å². The average molecular weight is 396 g/mol. The van der Waals surface area contributed by atoms with Crippen molar-refractivity contribution in [3.8, 4) is 0 Å². The van der Waals surface area contributed by atoms with E-state index in [9.17, 15) is 4.79 Å². The fourth-order valence-electron chi connectivity index (χ4n) is 2.61. The minimum absolute atomic E-state index is 0.0243. The van der Waals surface area contributed by atoms with Crippen LogP contribution in [0.3, 0.4) is 0 Å². The first-order valence-corrected chi connectivity index (χ1v) is 10.1. The number of carbonyl (C=O) groups is 1. The molecular weight excluding hydrogens is 378 g/mol. The van der Waals surface area contributed by atoms with Crippen LogP contribution in [0.15, 0.2) is 60.8 Å². The molecule has 2 heterocycles. The highest BCUT2D eigenvalue weighted by Gasteiger charge is 2.09. The standard InChI is InChI=1S/C20H17N3O2S2/c24-18(12-25-13-19-22-16-8-4-5-9-17(16)27-19)23-20-21-11-15(26-20)10-14-6-2-1-3-7-14/h1-9,11H,10,12-13H2,(H,21,23,24). The van der Waals surface area contributed by atoms with Gasteiger partial charge in [-0.15, -0.1) is 22.7 Å². The lowest BCUT2D eigenvalue weighted by Gasteiger charge is -2.02. The van der Waals surface area contributed by atoms with Crippen LogP contribution in [0.4, 0.5) is 5.13 Å². The molecule has 7 heteroatoms. The number of nitrogens with zero attached hydrogens (tertiary/aromatic N) is 2. The topological polar surface area (TPSA) is 64.1 Å². The number of hydrogen-bond donors (Lipinski definition) is 1. The number of nitrogens with one attached hydrogen (secondary N) is 1. The highest BCUT2D eigenvalue weighted by Crippen LogP contribution is 2.23.